The smallest absolute Gasteiger partial charge is 0.253 e. The Morgan fingerprint density at radius 1 is 1.29 bits per heavy atom. The van der Waals surface area contributed by atoms with Gasteiger partial charge in [0.25, 0.3) is 5.91 Å². The number of rotatable bonds is 6. The van der Waals surface area contributed by atoms with Gasteiger partial charge in [0.05, 0.1) is 22.8 Å². The van der Waals surface area contributed by atoms with Gasteiger partial charge < -0.3 is 10.6 Å². The lowest BCUT2D eigenvalue weighted by atomic mass is 10.0. The monoisotopic (exact) mass is 421 g/mol. The first kappa shape index (κ1) is 20.6. The van der Waals surface area contributed by atoms with Gasteiger partial charge in [-0.1, -0.05) is 31.5 Å². The molecule has 0 radical (unpaired) electrons. The van der Waals surface area contributed by atoms with Gasteiger partial charge in [-0.15, -0.1) is 0 Å². The van der Waals surface area contributed by atoms with E-state index in [1.54, 1.807) is 24.3 Å². The van der Waals surface area contributed by atoms with Crippen LogP contribution in [0.4, 0.5) is 11.5 Å². The highest BCUT2D eigenvalue weighted by Crippen LogP contribution is 2.24. The van der Waals surface area contributed by atoms with Crippen LogP contribution in [0.25, 0.3) is 0 Å². The summed E-state index contributed by atoms with van der Waals surface area (Å²) in [7, 11) is -2.95. The second-order valence-electron chi connectivity index (χ2n) is 7.40. The molecule has 1 unspecified atom stereocenters. The highest BCUT2D eigenvalue weighted by molar-refractivity contribution is 7.91. The van der Waals surface area contributed by atoms with Crippen molar-refractivity contribution in [3.05, 3.63) is 52.7 Å². The number of sulfone groups is 1. The van der Waals surface area contributed by atoms with Crippen molar-refractivity contribution in [2.24, 2.45) is 5.92 Å². The number of carbonyl (C=O) groups excluding carboxylic acids is 1. The maximum Gasteiger partial charge on any atom is 0.253 e. The molecule has 2 heterocycles. The molecule has 8 heteroatoms. The van der Waals surface area contributed by atoms with E-state index in [0.717, 1.165) is 5.69 Å². The van der Waals surface area contributed by atoms with Crippen LogP contribution >= 0.6 is 11.6 Å². The zero-order valence-corrected chi connectivity index (χ0v) is 17.5. The SMILES string of the molecule is CC(C)c1nc(Nc2cccc(Cl)c2)ccc1C(=O)NCC1CCS(=O)(=O)C1. The van der Waals surface area contributed by atoms with Gasteiger partial charge in [-0.2, -0.15) is 0 Å². The zero-order valence-electron chi connectivity index (χ0n) is 15.9. The number of nitrogens with zero attached hydrogens (tertiary/aromatic N) is 1. The lowest BCUT2D eigenvalue weighted by Crippen LogP contribution is -2.31. The van der Waals surface area contributed by atoms with Gasteiger partial charge in [0, 0.05) is 17.3 Å². The van der Waals surface area contributed by atoms with Gasteiger partial charge in [-0.3, -0.25) is 4.79 Å². The summed E-state index contributed by atoms with van der Waals surface area (Å²) in [6, 6.07) is 10.8. The molecular weight excluding hydrogens is 398 g/mol. The molecule has 0 bridgehead atoms. The molecule has 150 valence electrons. The lowest BCUT2D eigenvalue weighted by Gasteiger charge is -2.16. The van der Waals surface area contributed by atoms with E-state index in [2.05, 4.69) is 15.6 Å². The number of benzene rings is 1. The molecule has 2 N–H and O–H groups in total. The largest absolute Gasteiger partial charge is 0.352 e. The Labute approximate surface area is 170 Å². The van der Waals surface area contributed by atoms with Crippen LogP contribution < -0.4 is 10.6 Å². The number of nitrogens with one attached hydrogen (secondary N) is 2. The molecular formula is C20H24ClN3O3S. The Balaban J connectivity index is 1.72. The van der Waals surface area contributed by atoms with Gasteiger partial charge in [-0.05, 0) is 48.6 Å². The Hall–Kier alpha value is -2.12. The predicted octanol–water partition coefficient (Wildman–Crippen LogP) is 3.77. The number of anilines is 2. The van der Waals surface area contributed by atoms with Crippen LogP contribution in [-0.2, 0) is 9.84 Å². The number of aromatic nitrogens is 1. The predicted molar refractivity (Wildman–Crippen MR) is 112 cm³/mol. The van der Waals surface area contributed by atoms with Crippen LogP contribution in [0.3, 0.4) is 0 Å². The maximum atomic E-state index is 12.7. The Morgan fingerprint density at radius 3 is 2.71 bits per heavy atom. The van der Waals surface area contributed by atoms with Crippen molar-refractivity contribution in [2.75, 3.05) is 23.4 Å². The van der Waals surface area contributed by atoms with Gasteiger partial charge in [-0.25, -0.2) is 13.4 Å². The first-order valence-corrected chi connectivity index (χ1v) is 11.5. The topological polar surface area (TPSA) is 88.2 Å². The molecule has 0 aliphatic carbocycles. The second kappa shape index (κ2) is 8.49. The highest BCUT2D eigenvalue weighted by Gasteiger charge is 2.28. The maximum absolute atomic E-state index is 12.7. The summed E-state index contributed by atoms with van der Waals surface area (Å²) in [5.41, 5.74) is 2.01. The summed E-state index contributed by atoms with van der Waals surface area (Å²) in [6.07, 6.45) is 0.598. The van der Waals surface area contributed by atoms with Crippen LogP contribution in [0.2, 0.25) is 5.02 Å². The van der Waals surface area contributed by atoms with Crippen molar-refractivity contribution < 1.29 is 13.2 Å². The third-order valence-corrected chi connectivity index (χ3v) is 6.76. The summed E-state index contributed by atoms with van der Waals surface area (Å²) in [5.74, 6) is 0.780. The Morgan fingerprint density at radius 2 is 2.07 bits per heavy atom. The molecule has 3 rings (SSSR count). The Bertz CT molecular complexity index is 976. The standard InChI is InChI=1S/C20H24ClN3O3S/c1-13(2)19-17(20(25)22-11-14-8-9-28(26,27)12-14)6-7-18(24-19)23-16-5-3-4-15(21)10-16/h3-7,10,13-14H,8-9,11-12H2,1-2H3,(H,22,25)(H,23,24). The van der Waals surface area contributed by atoms with Crippen LogP contribution in [0, 0.1) is 5.92 Å². The average molecular weight is 422 g/mol. The molecule has 0 saturated carbocycles. The number of amides is 1. The highest BCUT2D eigenvalue weighted by atomic mass is 35.5. The van der Waals surface area contributed by atoms with Crippen LogP contribution in [-0.4, -0.2) is 37.4 Å². The molecule has 1 aliphatic rings. The number of hydrogen-bond donors (Lipinski definition) is 2. The molecule has 2 aromatic rings. The summed E-state index contributed by atoms with van der Waals surface area (Å²) in [4.78, 5) is 17.3. The molecule has 1 aromatic heterocycles. The number of pyridine rings is 1. The Kier molecular flexibility index (Phi) is 6.25. The molecule has 1 atom stereocenters. The van der Waals surface area contributed by atoms with Crippen LogP contribution in [0.1, 0.15) is 42.2 Å². The van der Waals surface area contributed by atoms with E-state index in [4.69, 9.17) is 11.6 Å². The summed E-state index contributed by atoms with van der Waals surface area (Å²) < 4.78 is 23.1. The fourth-order valence-electron chi connectivity index (χ4n) is 3.26. The normalized spacial score (nSPS) is 18.2. The van der Waals surface area contributed by atoms with E-state index < -0.39 is 9.84 Å². The van der Waals surface area contributed by atoms with E-state index in [-0.39, 0.29) is 29.2 Å². The summed E-state index contributed by atoms with van der Waals surface area (Å²) in [6.45, 7) is 4.32. The minimum absolute atomic E-state index is 0.0202. The second-order valence-corrected chi connectivity index (χ2v) is 10.1. The molecule has 0 spiro atoms. The first-order valence-electron chi connectivity index (χ1n) is 9.25. The van der Waals surface area contributed by atoms with Gasteiger partial charge in [0.15, 0.2) is 9.84 Å². The van der Waals surface area contributed by atoms with Crippen molar-refractivity contribution in [2.45, 2.75) is 26.2 Å². The van der Waals surface area contributed by atoms with Gasteiger partial charge in [0.2, 0.25) is 0 Å². The van der Waals surface area contributed by atoms with E-state index in [0.29, 0.717) is 35.1 Å². The third kappa shape index (κ3) is 5.23. The molecule has 1 amide bonds. The fraction of sp³-hybridized carbons (Fsp3) is 0.400. The van der Waals surface area contributed by atoms with Crippen LogP contribution in [0.5, 0.6) is 0 Å². The molecule has 28 heavy (non-hydrogen) atoms. The van der Waals surface area contributed by atoms with Crippen molar-refractivity contribution in [1.29, 1.82) is 0 Å². The molecule has 1 aliphatic heterocycles. The first-order chi connectivity index (χ1) is 13.2. The van der Waals surface area contributed by atoms with Crippen molar-refractivity contribution in [1.82, 2.24) is 10.3 Å². The van der Waals surface area contributed by atoms with Crippen molar-refractivity contribution in [3.8, 4) is 0 Å². The lowest BCUT2D eigenvalue weighted by molar-refractivity contribution is 0.0946. The van der Waals surface area contributed by atoms with E-state index in [1.165, 1.54) is 0 Å². The third-order valence-electron chi connectivity index (χ3n) is 4.69. The zero-order chi connectivity index (χ0) is 20.3. The molecule has 1 aromatic carbocycles. The van der Waals surface area contributed by atoms with Crippen molar-refractivity contribution >= 4 is 38.9 Å². The van der Waals surface area contributed by atoms with Crippen molar-refractivity contribution in [3.63, 3.8) is 0 Å². The molecule has 1 fully saturated rings. The van der Waals surface area contributed by atoms with Gasteiger partial charge >= 0.3 is 0 Å². The molecule has 1 saturated heterocycles. The fourth-order valence-corrected chi connectivity index (χ4v) is 5.31. The molecule has 6 nitrogen and oxygen atoms in total. The minimum atomic E-state index is -2.95. The van der Waals surface area contributed by atoms with E-state index in [9.17, 15) is 13.2 Å². The summed E-state index contributed by atoms with van der Waals surface area (Å²) in [5, 5.41) is 6.69. The number of hydrogen-bond acceptors (Lipinski definition) is 5. The van der Waals surface area contributed by atoms with Crippen LogP contribution in [0.15, 0.2) is 36.4 Å². The summed E-state index contributed by atoms with van der Waals surface area (Å²) >= 11 is 6.01. The van der Waals surface area contributed by atoms with Gasteiger partial charge in [0.1, 0.15) is 5.82 Å². The van der Waals surface area contributed by atoms with E-state index in [1.807, 2.05) is 26.0 Å². The number of carbonyl (C=O) groups is 1. The minimum Gasteiger partial charge on any atom is -0.352 e. The van der Waals surface area contributed by atoms with E-state index >= 15 is 0 Å². The quantitative estimate of drug-likeness (QED) is 0.741. The average Bonchev–Trinajstić information content (AvgIpc) is 2.98. The number of halogens is 1.